The lowest BCUT2D eigenvalue weighted by Gasteiger charge is -2.11. The summed E-state index contributed by atoms with van der Waals surface area (Å²) in [5, 5.41) is 18.6. The molecule has 5 heteroatoms. The summed E-state index contributed by atoms with van der Waals surface area (Å²) in [7, 11) is 0. The average Bonchev–Trinajstić information content (AvgIpc) is 2.98. The molecular formula is C17H16ClN3O. The van der Waals surface area contributed by atoms with Crippen molar-refractivity contribution < 1.29 is 5.11 Å². The van der Waals surface area contributed by atoms with Gasteiger partial charge in [0.1, 0.15) is 11.4 Å². The van der Waals surface area contributed by atoms with Crippen molar-refractivity contribution in [1.29, 1.82) is 0 Å². The second-order valence-electron chi connectivity index (χ2n) is 4.95. The number of hydrogen-bond donors (Lipinski definition) is 1. The van der Waals surface area contributed by atoms with Crippen molar-refractivity contribution >= 4 is 11.6 Å². The molecule has 2 aromatic carbocycles. The summed E-state index contributed by atoms with van der Waals surface area (Å²) >= 11 is 6.10. The SMILES string of the molecule is CCc1ccccc1-n1nnc(CO)c1-c1cccc(Cl)c1. The minimum absolute atomic E-state index is 0.170. The van der Waals surface area contributed by atoms with Crippen LogP contribution in [0.2, 0.25) is 5.02 Å². The molecule has 0 radical (unpaired) electrons. The Kier molecular flexibility index (Phi) is 4.22. The lowest BCUT2D eigenvalue weighted by Crippen LogP contribution is -2.03. The first-order valence-corrected chi connectivity index (χ1v) is 7.52. The number of halogens is 1. The Labute approximate surface area is 134 Å². The summed E-state index contributed by atoms with van der Waals surface area (Å²) in [5.74, 6) is 0. The van der Waals surface area contributed by atoms with E-state index in [0.717, 1.165) is 23.4 Å². The number of hydrogen-bond acceptors (Lipinski definition) is 3. The van der Waals surface area contributed by atoms with Crippen molar-refractivity contribution in [2.24, 2.45) is 0 Å². The molecule has 0 aliphatic carbocycles. The van der Waals surface area contributed by atoms with E-state index in [-0.39, 0.29) is 6.61 Å². The Bertz CT molecular complexity index is 798. The van der Waals surface area contributed by atoms with Crippen molar-refractivity contribution in [3.8, 4) is 16.9 Å². The van der Waals surface area contributed by atoms with Gasteiger partial charge in [-0.2, -0.15) is 0 Å². The van der Waals surface area contributed by atoms with Crippen LogP contribution in [-0.4, -0.2) is 20.1 Å². The van der Waals surface area contributed by atoms with E-state index >= 15 is 0 Å². The molecule has 0 aliphatic rings. The van der Waals surface area contributed by atoms with E-state index in [2.05, 4.69) is 23.3 Å². The summed E-state index contributed by atoms with van der Waals surface area (Å²) in [4.78, 5) is 0. The fourth-order valence-corrected chi connectivity index (χ4v) is 2.72. The predicted molar refractivity (Wildman–Crippen MR) is 87.1 cm³/mol. The van der Waals surface area contributed by atoms with Crippen LogP contribution < -0.4 is 0 Å². The van der Waals surface area contributed by atoms with E-state index in [1.54, 1.807) is 4.68 Å². The molecule has 1 heterocycles. The molecule has 3 aromatic rings. The van der Waals surface area contributed by atoms with E-state index in [4.69, 9.17) is 11.6 Å². The topological polar surface area (TPSA) is 50.9 Å². The number of aryl methyl sites for hydroxylation is 1. The Balaban J connectivity index is 2.24. The van der Waals surface area contributed by atoms with Gasteiger partial charge in [0.15, 0.2) is 0 Å². The summed E-state index contributed by atoms with van der Waals surface area (Å²) in [6, 6.07) is 15.5. The van der Waals surface area contributed by atoms with Crippen LogP contribution in [-0.2, 0) is 13.0 Å². The lowest BCUT2D eigenvalue weighted by molar-refractivity contribution is 0.277. The molecule has 0 spiro atoms. The number of aliphatic hydroxyl groups excluding tert-OH is 1. The Hall–Kier alpha value is -2.17. The maximum absolute atomic E-state index is 9.59. The van der Waals surface area contributed by atoms with Crippen LogP contribution in [0.25, 0.3) is 16.9 Å². The molecule has 1 N–H and O–H groups in total. The summed E-state index contributed by atoms with van der Waals surface area (Å²) in [6.45, 7) is 1.93. The van der Waals surface area contributed by atoms with Gasteiger partial charge in [-0.05, 0) is 30.2 Å². The van der Waals surface area contributed by atoms with Gasteiger partial charge in [-0.15, -0.1) is 5.10 Å². The van der Waals surface area contributed by atoms with Crippen LogP contribution in [0, 0.1) is 0 Å². The summed E-state index contributed by atoms with van der Waals surface area (Å²) in [6.07, 6.45) is 0.888. The Morgan fingerprint density at radius 2 is 1.95 bits per heavy atom. The van der Waals surface area contributed by atoms with Gasteiger partial charge in [0.25, 0.3) is 0 Å². The van der Waals surface area contributed by atoms with Crippen molar-refractivity contribution in [1.82, 2.24) is 15.0 Å². The molecule has 0 aliphatic heterocycles. The number of para-hydroxylation sites is 1. The van der Waals surface area contributed by atoms with Crippen LogP contribution in [0.15, 0.2) is 48.5 Å². The number of rotatable bonds is 4. The molecule has 0 amide bonds. The van der Waals surface area contributed by atoms with Gasteiger partial charge in [-0.25, -0.2) is 4.68 Å². The van der Waals surface area contributed by atoms with E-state index in [1.165, 1.54) is 5.56 Å². The predicted octanol–water partition coefficient (Wildman–Crippen LogP) is 3.64. The van der Waals surface area contributed by atoms with E-state index < -0.39 is 0 Å². The molecule has 3 rings (SSSR count). The van der Waals surface area contributed by atoms with Gasteiger partial charge < -0.3 is 5.11 Å². The van der Waals surface area contributed by atoms with Crippen LogP contribution in [0.5, 0.6) is 0 Å². The monoisotopic (exact) mass is 313 g/mol. The molecule has 22 heavy (non-hydrogen) atoms. The lowest BCUT2D eigenvalue weighted by atomic mass is 10.1. The first kappa shape index (κ1) is 14.8. The van der Waals surface area contributed by atoms with Crippen LogP contribution in [0.4, 0.5) is 0 Å². The second kappa shape index (κ2) is 6.30. The molecule has 0 bridgehead atoms. The minimum atomic E-state index is -0.170. The average molecular weight is 314 g/mol. The van der Waals surface area contributed by atoms with Crippen LogP contribution >= 0.6 is 11.6 Å². The molecule has 0 saturated heterocycles. The molecule has 112 valence electrons. The van der Waals surface area contributed by atoms with Crippen molar-refractivity contribution in [3.63, 3.8) is 0 Å². The molecule has 0 saturated carbocycles. The fourth-order valence-electron chi connectivity index (χ4n) is 2.53. The van der Waals surface area contributed by atoms with Crippen LogP contribution in [0.1, 0.15) is 18.2 Å². The first-order valence-electron chi connectivity index (χ1n) is 7.14. The standard InChI is InChI=1S/C17H16ClN3O/c1-2-12-6-3-4-9-16(12)21-17(15(11-22)19-20-21)13-7-5-8-14(18)10-13/h3-10,22H,2,11H2,1H3. The van der Waals surface area contributed by atoms with Crippen LogP contribution in [0.3, 0.4) is 0 Å². The van der Waals surface area contributed by atoms with Gasteiger partial charge in [0.05, 0.1) is 12.3 Å². The van der Waals surface area contributed by atoms with Gasteiger partial charge in [-0.3, -0.25) is 0 Å². The third kappa shape index (κ3) is 2.63. The maximum atomic E-state index is 9.59. The minimum Gasteiger partial charge on any atom is -0.390 e. The third-order valence-electron chi connectivity index (χ3n) is 3.59. The van der Waals surface area contributed by atoms with E-state index in [0.29, 0.717) is 10.7 Å². The molecular weight excluding hydrogens is 298 g/mol. The van der Waals surface area contributed by atoms with Gasteiger partial charge >= 0.3 is 0 Å². The largest absolute Gasteiger partial charge is 0.390 e. The van der Waals surface area contributed by atoms with Gasteiger partial charge in [-0.1, -0.05) is 54.1 Å². The zero-order chi connectivity index (χ0) is 15.5. The number of aromatic nitrogens is 3. The Morgan fingerprint density at radius 1 is 1.14 bits per heavy atom. The highest BCUT2D eigenvalue weighted by molar-refractivity contribution is 6.30. The van der Waals surface area contributed by atoms with Crippen molar-refractivity contribution in [3.05, 3.63) is 64.8 Å². The molecule has 0 atom stereocenters. The smallest absolute Gasteiger partial charge is 0.117 e. The highest BCUT2D eigenvalue weighted by Crippen LogP contribution is 2.28. The zero-order valence-electron chi connectivity index (χ0n) is 12.2. The first-order chi connectivity index (χ1) is 10.7. The van der Waals surface area contributed by atoms with E-state index in [9.17, 15) is 5.11 Å². The quantitative estimate of drug-likeness (QED) is 0.800. The number of benzene rings is 2. The number of aliphatic hydroxyl groups is 1. The summed E-state index contributed by atoms with van der Waals surface area (Å²) < 4.78 is 1.77. The fraction of sp³-hybridized carbons (Fsp3) is 0.176. The molecule has 1 aromatic heterocycles. The normalized spacial score (nSPS) is 10.9. The summed E-state index contributed by atoms with van der Waals surface area (Å²) in [5.41, 5.74) is 4.32. The second-order valence-corrected chi connectivity index (χ2v) is 5.38. The van der Waals surface area contributed by atoms with Crippen molar-refractivity contribution in [2.45, 2.75) is 20.0 Å². The third-order valence-corrected chi connectivity index (χ3v) is 3.82. The van der Waals surface area contributed by atoms with Gasteiger partial charge in [0.2, 0.25) is 0 Å². The molecule has 0 fully saturated rings. The van der Waals surface area contributed by atoms with Gasteiger partial charge in [0, 0.05) is 10.6 Å². The molecule has 4 nitrogen and oxygen atoms in total. The Morgan fingerprint density at radius 3 is 2.68 bits per heavy atom. The zero-order valence-corrected chi connectivity index (χ0v) is 13.0. The van der Waals surface area contributed by atoms with Crippen molar-refractivity contribution in [2.75, 3.05) is 0 Å². The maximum Gasteiger partial charge on any atom is 0.117 e. The van der Waals surface area contributed by atoms with E-state index in [1.807, 2.05) is 42.5 Å². The number of nitrogens with zero attached hydrogens (tertiary/aromatic N) is 3. The highest BCUT2D eigenvalue weighted by Gasteiger charge is 2.17. The molecule has 0 unspecified atom stereocenters. The highest BCUT2D eigenvalue weighted by atomic mass is 35.5.